The standard InChI is InChI=1S/C16H18N2O5/c1-10-5-6-13(18(21)22)12(8-10)16(20)17-11(2)9-14(19)15-4-3-7-23-15/h3-8,11,14,19H,9H2,1-2H3,(H,17,20)/t11-,14+/m1/s1. The maximum atomic E-state index is 12.3. The smallest absolute Gasteiger partial charge is 0.282 e. The lowest BCUT2D eigenvalue weighted by Crippen LogP contribution is -2.34. The Balaban J connectivity index is 2.07. The molecule has 1 aromatic heterocycles. The summed E-state index contributed by atoms with van der Waals surface area (Å²) in [6.07, 6.45) is 0.837. The van der Waals surface area contributed by atoms with E-state index in [4.69, 9.17) is 4.42 Å². The molecule has 0 saturated heterocycles. The van der Waals surface area contributed by atoms with E-state index in [1.54, 1.807) is 32.0 Å². The average Bonchev–Trinajstić information content (AvgIpc) is 3.00. The van der Waals surface area contributed by atoms with Crippen LogP contribution in [0.2, 0.25) is 0 Å². The van der Waals surface area contributed by atoms with Crippen LogP contribution in [0.5, 0.6) is 0 Å². The Morgan fingerprint density at radius 3 is 2.78 bits per heavy atom. The molecule has 2 atom stereocenters. The summed E-state index contributed by atoms with van der Waals surface area (Å²) in [5, 5.41) is 23.7. The summed E-state index contributed by atoms with van der Waals surface area (Å²) in [5.74, 6) is -0.132. The quantitative estimate of drug-likeness (QED) is 0.629. The number of aryl methyl sites for hydroxylation is 1. The number of carbonyl (C=O) groups is 1. The molecule has 0 unspecified atom stereocenters. The van der Waals surface area contributed by atoms with Gasteiger partial charge in [0.1, 0.15) is 17.4 Å². The number of nitro groups is 1. The molecule has 2 rings (SSSR count). The van der Waals surface area contributed by atoms with Crippen molar-refractivity contribution in [3.05, 3.63) is 63.6 Å². The number of nitrogens with one attached hydrogen (secondary N) is 1. The van der Waals surface area contributed by atoms with E-state index in [1.165, 1.54) is 18.4 Å². The van der Waals surface area contributed by atoms with Gasteiger partial charge in [-0.05, 0) is 37.6 Å². The van der Waals surface area contributed by atoms with Crippen LogP contribution in [0, 0.1) is 17.0 Å². The number of nitro benzene ring substituents is 1. The van der Waals surface area contributed by atoms with E-state index in [1.807, 2.05) is 0 Å². The van der Waals surface area contributed by atoms with Gasteiger partial charge in [0, 0.05) is 18.5 Å². The molecule has 0 spiro atoms. The number of furan rings is 1. The largest absolute Gasteiger partial charge is 0.467 e. The van der Waals surface area contributed by atoms with Crippen LogP contribution in [0.4, 0.5) is 5.69 Å². The SMILES string of the molecule is Cc1ccc([N+](=O)[O-])c(C(=O)N[C@H](C)C[C@H](O)c2ccco2)c1. The van der Waals surface area contributed by atoms with E-state index >= 15 is 0 Å². The summed E-state index contributed by atoms with van der Waals surface area (Å²) < 4.78 is 5.10. The lowest BCUT2D eigenvalue weighted by atomic mass is 10.1. The molecule has 0 bridgehead atoms. The molecule has 0 radical (unpaired) electrons. The highest BCUT2D eigenvalue weighted by atomic mass is 16.6. The van der Waals surface area contributed by atoms with Gasteiger partial charge in [-0.1, -0.05) is 6.07 Å². The van der Waals surface area contributed by atoms with Crippen molar-refractivity contribution in [3.63, 3.8) is 0 Å². The number of nitrogens with zero attached hydrogens (tertiary/aromatic N) is 1. The third kappa shape index (κ3) is 4.17. The highest BCUT2D eigenvalue weighted by molar-refractivity contribution is 5.98. The first kappa shape index (κ1) is 16.7. The minimum Gasteiger partial charge on any atom is -0.467 e. The van der Waals surface area contributed by atoms with E-state index in [-0.39, 0.29) is 23.7 Å². The van der Waals surface area contributed by atoms with Gasteiger partial charge in [0.2, 0.25) is 0 Å². The van der Waals surface area contributed by atoms with Gasteiger partial charge < -0.3 is 14.8 Å². The van der Waals surface area contributed by atoms with Crippen molar-refractivity contribution in [3.8, 4) is 0 Å². The van der Waals surface area contributed by atoms with Gasteiger partial charge in [0.25, 0.3) is 11.6 Å². The summed E-state index contributed by atoms with van der Waals surface area (Å²) in [4.78, 5) is 22.7. The maximum Gasteiger partial charge on any atom is 0.282 e. The van der Waals surface area contributed by atoms with Crippen molar-refractivity contribution in [2.45, 2.75) is 32.4 Å². The summed E-state index contributed by atoms with van der Waals surface area (Å²) in [6, 6.07) is 7.29. The zero-order valence-corrected chi connectivity index (χ0v) is 12.9. The second kappa shape index (κ2) is 7.06. The molecule has 1 heterocycles. The average molecular weight is 318 g/mol. The van der Waals surface area contributed by atoms with Crippen LogP contribution < -0.4 is 5.32 Å². The molecule has 1 aromatic carbocycles. The lowest BCUT2D eigenvalue weighted by molar-refractivity contribution is -0.385. The number of hydrogen-bond acceptors (Lipinski definition) is 5. The first-order valence-corrected chi connectivity index (χ1v) is 7.16. The van der Waals surface area contributed by atoms with E-state index in [2.05, 4.69) is 5.32 Å². The topological polar surface area (TPSA) is 106 Å². The third-order valence-corrected chi connectivity index (χ3v) is 3.42. The molecule has 0 aliphatic rings. The van der Waals surface area contributed by atoms with Crippen LogP contribution in [0.25, 0.3) is 0 Å². The summed E-state index contributed by atoms with van der Waals surface area (Å²) >= 11 is 0. The van der Waals surface area contributed by atoms with Gasteiger partial charge in [-0.3, -0.25) is 14.9 Å². The number of aliphatic hydroxyl groups excluding tert-OH is 1. The zero-order chi connectivity index (χ0) is 17.0. The Morgan fingerprint density at radius 1 is 1.43 bits per heavy atom. The van der Waals surface area contributed by atoms with Crippen molar-refractivity contribution in [2.24, 2.45) is 0 Å². The number of amides is 1. The summed E-state index contributed by atoms with van der Waals surface area (Å²) in [7, 11) is 0. The first-order valence-electron chi connectivity index (χ1n) is 7.16. The molecule has 23 heavy (non-hydrogen) atoms. The molecule has 7 heteroatoms. The van der Waals surface area contributed by atoms with Crippen LogP contribution in [0.1, 0.15) is 41.1 Å². The van der Waals surface area contributed by atoms with Gasteiger partial charge in [0.15, 0.2) is 0 Å². The molecule has 0 aliphatic heterocycles. The Hall–Kier alpha value is -2.67. The van der Waals surface area contributed by atoms with Gasteiger partial charge >= 0.3 is 0 Å². The fourth-order valence-electron chi connectivity index (χ4n) is 2.28. The Labute approximate surface area is 133 Å². The Bertz CT molecular complexity index is 697. The third-order valence-electron chi connectivity index (χ3n) is 3.42. The van der Waals surface area contributed by atoms with Crippen molar-refractivity contribution >= 4 is 11.6 Å². The molecular formula is C16H18N2O5. The van der Waals surface area contributed by atoms with Crippen LogP contribution in [-0.2, 0) is 0 Å². The maximum absolute atomic E-state index is 12.3. The summed E-state index contributed by atoms with van der Waals surface area (Å²) in [5.41, 5.74) is 0.519. The monoisotopic (exact) mass is 318 g/mol. The van der Waals surface area contributed by atoms with Crippen LogP contribution >= 0.6 is 0 Å². The molecule has 0 aliphatic carbocycles. The minimum absolute atomic E-state index is 0.00865. The molecule has 7 nitrogen and oxygen atoms in total. The van der Waals surface area contributed by atoms with Crippen molar-refractivity contribution in [2.75, 3.05) is 0 Å². The normalized spacial score (nSPS) is 13.3. The molecule has 1 amide bonds. The second-order valence-electron chi connectivity index (χ2n) is 5.42. The summed E-state index contributed by atoms with van der Waals surface area (Å²) in [6.45, 7) is 3.47. The van der Waals surface area contributed by atoms with Gasteiger partial charge in [-0.2, -0.15) is 0 Å². The van der Waals surface area contributed by atoms with Crippen molar-refractivity contribution < 1.29 is 19.2 Å². The van der Waals surface area contributed by atoms with E-state index in [0.29, 0.717) is 5.76 Å². The molecular weight excluding hydrogens is 300 g/mol. The number of benzene rings is 1. The van der Waals surface area contributed by atoms with Crippen LogP contribution in [0.3, 0.4) is 0 Å². The second-order valence-corrected chi connectivity index (χ2v) is 5.42. The highest BCUT2D eigenvalue weighted by Crippen LogP contribution is 2.21. The first-order chi connectivity index (χ1) is 10.9. The van der Waals surface area contributed by atoms with Gasteiger partial charge in [-0.15, -0.1) is 0 Å². The molecule has 0 fully saturated rings. The van der Waals surface area contributed by atoms with Gasteiger partial charge in [0.05, 0.1) is 11.2 Å². The molecule has 0 saturated carbocycles. The number of rotatable bonds is 6. The van der Waals surface area contributed by atoms with Crippen LogP contribution in [-0.4, -0.2) is 22.0 Å². The lowest BCUT2D eigenvalue weighted by Gasteiger charge is -2.17. The number of hydrogen-bond donors (Lipinski definition) is 2. The Kier molecular flexibility index (Phi) is 5.13. The predicted octanol–water partition coefficient (Wildman–Crippen LogP) is 2.74. The van der Waals surface area contributed by atoms with E-state index in [0.717, 1.165) is 5.56 Å². The highest BCUT2D eigenvalue weighted by Gasteiger charge is 2.22. The van der Waals surface area contributed by atoms with Gasteiger partial charge in [-0.25, -0.2) is 0 Å². The fourth-order valence-corrected chi connectivity index (χ4v) is 2.28. The fraction of sp³-hybridized carbons (Fsp3) is 0.312. The number of aliphatic hydroxyl groups is 1. The minimum atomic E-state index is -0.854. The predicted molar refractivity (Wildman–Crippen MR) is 83.0 cm³/mol. The molecule has 2 N–H and O–H groups in total. The van der Waals surface area contributed by atoms with Crippen LogP contribution in [0.15, 0.2) is 41.0 Å². The Morgan fingerprint density at radius 2 is 2.17 bits per heavy atom. The van der Waals surface area contributed by atoms with Crippen molar-refractivity contribution in [1.82, 2.24) is 5.32 Å². The van der Waals surface area contributed by atoms with E-state index < -0.39 is 16.9 Å². The number of carbonyl (C=O) groups excluding carboxylic acids is 1. The van der Waals surface area contributed by atoms with E-state index in [9.17, 15) is 20.0 Å². The molecule has 122 valence electrons. The zero-order valence-electron chi connectivity index (χ0n) is 12.9. The van der Waals surface area contributed by atoms with Crippen molar-refractivity contribution in [1.29, 1.82) is 0 Å². The molecule has 2 aromatic rings.